The van der Waals surface area contributed by atoms with E-state index < -0.39 is 15.9 Å². The molecule has 3 rings (SSSR count). The van der Waals surface area contributed by atoms with E-state index in [0.29, 0.717) is 35.9 Å². The number of hydrogen-bond acceptors (Lipinski definition) is 7. The molecule has 2 N–H and O–H groups in total. The summed E-state index contributed by atoms with van der Waals surface area (Å²) in [4.78, 5) is 22.3. The molecule has 0 radical (unpaired) electrons. The molecule has 1 aromatic heterocycles. The zero-order valence-corrected chi connectivity index (χ0v) is 18.9. The van der Waals surface area contributed by atoms with Gasteiger partial charge in [-0.3, -0.25) is 14.5 Å². The number of nitrogens with one attached hydrogen (secondary N) is 2. The SMILES string of the molecule is CCN(CC)c1ccc(NC(=O)c2cnccn2)cc1S(=O)(=O)Nc1ccc(OC)cc1. The van der Waals surface area contributed by atoms with E-state index in [1.165, 1.54) is 31.8 Å². The number of nitrogens with zero attached hydrogens (tertiary/aromatic N) is 3. The zero-order valence-electron chi connectivity index (χ0n) is 18.1. The molecule has 0 aliphatic rings. The molecule has 0 spiro atoms. The first-order chi connectivity index (χ1) is 15.4. The van der Waals surface area contributed by atoms with Crippen LogP contribution in [0.15, 0.2) is 66.0 Å². The highest BCUT2D eigenvalue weighted by molar-refractivity contribution is 7.92. The first-order valence-corrected chi connectivity index (χ1v) is 11.5. The maximum absolute atomic E-state index is 13.3. The number of carbonyl (C=O) groups is 1. The van der Waals surface area contributed by atoms with Gasteiger partial charge in [0.15, 0.2) is 0 Å². The molecular formula is C22H25N5O4S. The van der Waals surface area contributed by atoms with Gasteiger partial charge in [-0.1, -0.05) is 0 Å². The van der Waals surface area contributed by atoms with Crippen LogP contribution in [-0.4, -0.2) is 44.5 Å². The second-order valence-electron chi connectivity index (χ2n) is 6.73. The largest absolute Gasteiger partial charge is 0.497 e. The van der Waals surface area contributed by atoms with Gasteiger partial charge in [0.2, 0.25) is 0 Å². The van der Waals surface area contributed by atoms with Crippen LogP contribution in [0.4, 0.5) is 17.1 Å². The van der Waals surface area contributed by atoms with Crippen molar-refractivity contribution in [3.05, 3.63) is 66.7 Å². The summed E-state index contributed by atoms with van der Waals surface area (Å²) >= 11 is 0. The average Bonchev–Trinajstić information content (AvgIpc) is 2.81. The van der Waals surface area contributed by atoms with E-state index in [4.69, 9.17) is 4.74 Å². The van der Waals surface area contributed by atoms with Gasteiger partial charge >= 0.3 is 0 Å². The van der Waals surface area contributed by atoms with Gasteiger partial charge in [-0.2, -0.15) is 0 Å². The first-order valence-electron chi connectivity index (χ1n) is 10.0. The lowest BCUT2D eigenvalue weighted by Gasteiger charge is -2.25. The lowest BCUT2D eigenvalue weighted by atomic mass is 10.2. The second-order valence-corrected chi connectivity index (χ2v) is 8.38. The molecule has 0 saturated heterocycles. The summed E-state index contributed by atoms with van der Waals surface area (Å²) in [5.74, 6) is 0.130. The Hall–Kier alpha value is -3.66. The third kappa shape index (κ3) is 5.33. The predicted molar refractivity (Wildman–Crippen MR) is 124 cm³/mol. The van der Waals surface area contributed by atoms with Gasteiger partial charge in [0.1, 0.15) is 16.3 Å². The van der Waals surface area contributed by atoms with E-state index in [1.807, 2.05) is 18.7 Å². The van der Waals surface area contributed by atoms with Crippen LogP contribution in [0, 0.1) is 0 Å². The van der Waals surface area contributed by atoms with Gasteiger partial charge in [-0.05, 0) is 56.3 Å². The Bertz CT molecular complexity index is 1160. The fourth-order valence-corrected chi connectivity index (χ4v) is 4.42. The van der Waals surface area contributed by atoms with Crippen LogP contribution in [-0.2, 0) is 10.0 Å². The highest BCUT2D eigenvalue weighted by Crippen LogP contribution is 2.30. The molecule has 168 valence electrons. The van der Waals surface area contributed by atoms with Crippen molar-refractivity contribution in [1.29, 1.82) is 0 Å². The molecule has 0 unspecified atom stereocenters. The van der Waals surface area contributed by atoms with Gasteiger partial charge in [0.05, 0.1) is 19.0 Å². The summed E-state index contributed by atoms with van der Waals surface area (Å²) in [6.07, 6.45) is 4.21. The highest BCUT2D eigenvalue weighted by atomic mass is 32.2. The summed E-state index contributed by atoms with van der Waals surface area (Å²) in [5.41, 5.74) is 1.38. The molecule has 0 bridgehead atoms. The van der Waals surface area contributed by atoms with E-state index in [1.54, 1.807) is 36.4 Å². The minimum atomic E-state index is -3.96. The van der Waals surface area contributed by atoms with E-state index in [2.05, 4.69) is 20.0 Å². The number of methoxy groups -OCH3 is 1. The van der Waals surface area contributed by atoms with Gasteiger partial charge in [0.25, 0.3) is 15.9 Å². The Morgan fingerprint density at radius 3 is 2.31 bits per heavy atom. The smallest absolute Gasteiger partial charge is 0.275 e. The highest BCUT2D eigenvalue weighted by Gasteiger charge is 2.23. The Morgan fingerprint density at radius 2 is 1.72 bits per heavy atom. The van der Waals surface area contributed by atoms with E-state index in [-0.39, 0.29) is 10.6 Å². The Kier molecular flexibility index (Phi) is 7.26. The number of aromatic nitrogens is 2. The number of carbonyl (C=O) groups excluding carboxylic acids is 1. The van der Waals surface area contributed by atoms with Crippen LogP contribution >= 0.6 is 0 Å². The lowest BCUT2D eigenvalue weighted by molar-refractivity contribution is 0.102. The summed E-state index contributed by atoms with van der Waals surface area (Å²) < 4.78 is 34.3. The molecule has 1 amide bonds. The summed E-state index contributed by atoms with van der Waals surface area (Å²) in [5, 5.41) is 2.68. The minimum Gasteiger partial charge on any atom is -0.497 e. The molecule has 0 saturated carbocycles. The third-order valence-electron chi connectivity index (χ3n) is 4.75. The second kappa shape index (κ2) is 10.1. The van der Waals surface area contributed by atoms with Crippen molar-refractivity contribution in [2.75, 3.05) is 35.1 Å². The average molecular weight is 456 g/mol. The van der Waals surface area contributed by atoms with E-state index in [9.17, 15) is 13.2 Å². The van der Waals surface area contributed by atoms with Crippen LogP contribution in [0.3, 0.4) is 0 Å². The Labute approximate surface area is 187 Å². The molecule has 0 atom stereocenters. The number of amides is 1. The van der Waals surface area contributed by atoms with Gasteiger partial charge < -0.3 is 15.0 Å². The van der Waals surface area contributed by atoms with Crippen LogP contribution in [0.1, 0.15) is 24.3 Å². The zero-order chi connectivity index (χ0) is 23.1. The number of sulfonamides is 1. The molecule has 0 fully saturated rings. The van der Waals surface area contributed by atoms with E-state index >= 15 is 0 Å². The van der Waals surface area contributed by atoms with Crippen molar-refractivity contribution in [3.63, 3.8) is 0 Å². The van der Waals surface area contributed by atoms with Crippen molar-refractivity contribution < 1.29 is 17.9 Å². The molecule has 0 aliphatic carbocycles. The monoisotopic (exact) mass is 455 g/mol. The lowest BCUT2D eigenvalue weighted by Crippen LogP contribution is -2.26. The fraction of sp³-hybridized carbons (Fsp3) is 0.227. The third-order valence-corrected chi connectivity index (χ3v) is 6.16. The molecule has 9 nitrogen and oxygen atoms in total. The normalized spacial score (nSPS) is 11.0. The van der Waals surface area contributed by atoms with Crippen molar-refractivity contribution in [2.24, 2.45) is 0 Å². The fourth-order valence-electron chi connectivity index (χ4n) is 3.11. The number of hydrogen-bond donors (Lipinski definition) is 2. The molecule has 10 heteroatoms. The molecule has 3 aromatic rings. The van der Waals surface area contributed by atoms with E-state index in [0.717, 1.165) is 0 Å². The summed E-state index contributed by atoms with van der Waals surface area (Å²) in [6, 6.07) is 11.4. The molecule has 32 heavy (non-hydrogen) atoms. The van der Waals surface area contributed by atoms with Crippen LogP contribution in [0.2, 0.25) is 0 Å². The minimum absolute atomic E-state index is 0.0500. The molecular weight excluding hydrogens is 430 g/mol. The molecule has 2 aromatic carbocycles. The van der Waals surface area contributed by atoms with Crippen LogP contribution < -0.4 is 19.7 Å². The van der Waals surface area contributed by atoms with Crippen molar-refractivity contribution in [3.8, 4) is 5.75 Å². The number of ether oxygens (including phenoxy) is 1. The number of rotatable bonds is 9. The predicted octanol–water partition coefficient (Wildman–Crippen LogP) is 3.38. The summed E-state index contributed by atoms with van der Waals surface area (Å²) in [6.45, 7) is 5.13. The van der Waals surface area contributed by atoms with Crippen molar-refractivity contribution in [1.82, 2.24) is 9.97 Å². The van der Waals surface area contributed by atoms with Crippen LogP contribution in [0.25, 0.3) is 0 Å². The van der Waals surface area contributed by atoms with Gasteiger partial charge in [-0.15, -0.1) is 0 Å². The number of benzene rings is 2. The Balaban J connectivity index is 1.97. The molecule has 1 heterocycles. The maximum atomic E-state index is 13.3. The van der Waals surface area contributed by atoms with Crippen molar-refractivity contribution in [2.45, 2.75) is 18.7 Å². The quantitative estimate of drug-likeness (QED) is 0.508. The van der Waals surface area contributed by atoms with Gasteiger partial charge in [-0.25, -0.2) is 13.4 Å². The van der Waals surface area contributed by atoms with Crippen LogP contribution in [0.5, 0.6) is 5.75 Å². The van der Waals surface area contributed by atoms with Gasteiger partial charge in [0, 0.05) is 36.9 Å². The molecule has 0 aliphatic heterocycles. The maximum Gasteiger partial charge on any atom is 0.275 e. The van der Waals surface area contributed by atoms with Crippen molar-refractivity contribution >= 4 is 33.0 Å². The number of anilines is 3. The standard InChI is InChI=1S/C22H25N5O4S/c1-4-27(5-2)20-11-8-17(25-22(28)19-15-23-12-13-24-19)14-21(20)32(29,30)26-16-6-9-18(31-3)10-7-16/h6-15,26H,4-5H2,1-3H3,(H,25,28). The summed E-state index contributed by atoms with van der Waals surface area (Å²) in [7, 11) is -2.43. The Morgan fingerprint density at radius 1 is 1.03 bits per heavy atom. The topological polar surface area (TPSA) is 114 Å². The first kappa shape index (κ1) is 23.0.